The number of halogens is 2. The van der Waals surface area contributed by atoms with Crippen LogP contribution in [-0.2, 0) is 4.79 Å². The quantitative estimate of drug-likeness (QED) is 0.922. The van der Waals surface area contributed by atoms with E-state index in [0.717, 1.165) is 10.2 Å². The van der Waals surface area contributed by atoms with E-state index in [1.54, 1.807) is 4.90 Å². The third-order valence-electron chi connectivity index (χ3n) is 2.41. The van der Waals surface area contributed by atoms with Crippen molar-refractivity contribution in [1.82, 2.24) is 4.90 Å². The first-order chi connectivity index (χ1) is 7.63. The zero-order valence-electron chi connectivity index (χ0n) is 8.62. The van der Waals surface area contributed by atoms with Gasteiger partial charge in [-0.05, 0) is 24.3 Å². The topological polar surface area (TPSA) is 32.3 Å². The number of hydrogen-bond donors (Lipinski definition) is 1. The lowest BCUT2D eigenvalue weighted by atomic mass is 10.2. The van der Waals surface area contributed by atoms with Crippen LogP contribution in [0.15, 0.2) is 28.7 Å². The summed E-state index contributed by atoms with van der Waals surface area (Å²) in [5, 5.41) is 2.76. The van der Waals surface area contributed by atoms with E-state index in [9.17, 15) is 9.18 Å². The molecule has 3 nitrogen and oxygen atoms in total. The molecular formula is C11H12BrFN2O. The molecule has 16 heavy (non-hydrogen) atoms. The number of amides is 1. The molecule has 0 atom stereocenters. The molecule has 1 saturated heterocycles. The van der Waals surface area contributed by atoms with Crippen molar-refractivity contribution in [3.05, 3.63) is 28.7 Å². The maximum absolute atomic E-state index is 12.5. The van der Waals surface area contributed by atoms with Crippen LogP contribution < -0.4 is 5.32 Å². The first-order valence-electron chi connectivity index (χ1n) is 5.05. The van der Waals surface area contributed by atoms with Gasteiger partial charge in [-0.3, -0.25) is 9.69 Å². The average Bonchev–Trinajstić information content (AvgIpc) is 2.19. The minimum absolute atomic E-state index is 0.103. The van der Waals surface area contributed by atoms with Gasteiger partial charge in [-0.15, -0.1) is 0 Å². The molecule has 5 heteroatoms. The Labute approximate surface area is 102 Å². The van der Waals surface area contributed by atoms with Crippen LogP contribution in [0.3, 0.4) is 0 Å². The van der Waals surface area contributed by atoms with Crippen LogP contribution >= 0.6 is 15.9 Å². The number of hydrogen-bond acceptors (Lipinski definition) is 2. The number of rotatable bonds is 3. The molecule has 0 spiro atoms. The molecule has 0 aliphatic carbocycles. The van der Waals surface area contributed by atoms with E-state index >= 15 is 0 Å². The Morgan fingerprint density at radius 1 is 1.44 bits per heavy atom. The molecular weight excluding hydrogens is 275 g/mol. The summed E-state index contributed by atoms with van der Waals surface area (Å²) in [6, 6.07) is 7.35. The molecule has 0 unspecified atom stereocenters. The number of nitrogens with zero attached hydrogens (tertiary/aromatic N) is 1. The van der Waals surface area contributed by atoms with Crippen LogP contribution in [0.1, 0.15) is 0 Å². The summed E-state index contributed by atoms with van der Waals surface area (Å²) in [6.45, 7) is 0.998. The number of likely N-dealkylation sites (tertiary alicyclic amines) is 1. The number of benzene rings is 1. The first-order valence-corrected chi connectivity index (χ1v) is 5.84. The highest BCUT2D eigenvalue weighted by molar-refractivity contribution is 9.10. The highest BCUT2D eigenvalue weighted by Gasteiger charge is 2.27. The fraction of sp³-hybridized carbons (Fsp3) is 0.364. The van der Waals surface area contributed by atoms with Crippen LogP contribution in [0.2, 0.25) is 0 Å². The van der Waals surface area contributed by atoms with Crippen molar-refractivity contribution in [3.8, 4) is 0 Å². The van der Waals surface area contributed by atoms with E-state index in [2.05, 4.69) is 21.2 Å². The molecule has 2 rings (SSSR count). The maximum atomic E-state index is 12.5. The van der Waals surface area contributed by atoms with Gasteiger partial charge < -0.3 is 5.32 Å². The second kappa shape index (κ2) is 4.93. The fourth-order valence-corrected chi connectivity index (χ4v) is 1.84. The van der Waals surface area contributed by atoms with Gasteiger partial charge in [0.05, 0.1) is 6.54 Å². The summed E-state index contributed by atoms with van der Waals surface area (Å²) < 4.78 is 13.5. The molecule has 1 amide bonds. The zero-order chi connectivity index (χ0) is 11.5. The van der Waals surface area contributed by atoms with Crippen LogP contribution in [0.25, 0.3) is 0 Å². The molecule has 0 aromatic heterocycles. The van der Waals surface area contributed by atoms with Crippen LogP contribution in [0.5, 0.6) is 0 Å². The summed E-state index contributed by atoms with van der Waals surface area (Å²) in [4.78, 5) is 13.3. The number of alkyl halides is 1. The minimum Gasteiger partial charge on any atom is -0.325 e. The van der Waals surface area contributed by atoms with Crippen LogP contribution in [0.4, 0.5) is 10.1 Å². The minimum atomic E-state index is -0.763. The van der Waals surface area contributed by atoms with Gasteiger partial charge in [0.1, 0.15) is 6.17 Å². The Bertz CT molecular complexity index is 376. The summed E-state index contributed by atoms with van der Waals surface area (Å²) in [5.74, 6) is -0.103. The van der Waals surface area contributed by atoms with Gasteiger partial charge >= 0.3 is 0 Å². The van der Waals surface area contributed by atoms with Crippen molar-refractivity contribution >= 4 is 27.5 Å². The van der Waals surface area contributed by atoms with E-state index in [1.807, 2.05) is 24.3 Å². The first kappa shape index (κ1) is 11.5. The summed E-state index contributed by atoms with van der Waals surface area (Å²) in [5.41, 5.74) is 0.755. The molecule has 0 bridgehead atoms. The van der Waals surface area contributed by atoms with Crippen LogP contribution in [0, 0.1) is 0 Å². The second-order valence-corrected chi connectivity index (χ2v) is 4.76. The molecule has 1 heterocycles. The van der Waals surface area contributed by atoms with Crippen molar-refractivity contribution in [2.45, 2.75) is 6.17 Å². The standard InChI is InChI=1S/C11H12BrFN2O/c12-8-1-3-10(4-2-8)14-11(16)7-15-5-9(13)6-15/h1-4,9H,5-7H2,(H,14,16). The van der Waals surface area contributed by atoms with Gasteiger partial charge in [0.25, 0.3) is 0 Å². The molecule has 0 saturated carbocycles. The van der Waals surface area contributed by atoms with E-state index in [-0.39, 0.29) is 12.5 Å². The lowest BCUT2D eigenvalue weighted by Crippen LogP contribution is -2.51. The Kier molecular flexibility index (Phi) is 3.56. The monoisotopic (exact) mass is 286 g/mol. The summed E-state index contributed by atoms with van der Waals surface area (Å²) >= 11 is 3.32. The zero-order valence-corrected chi connectivity index (χ0v) is 10.2. The fourth-order valence-electron chi connectivity index (χ4n) is 1.57. The molecule has 1 fully saturated rings. The number of anilines is 1. The lowest BCUT2D eigenvalue weighted by molar-refractivity contribution is -0.119. The lowest BCUT2D eigenvalue weighted by Gasteiger charge is -2.33. The summed E-state index contributed by atoms with van der Waals surface area (Å²) in [7, 11) is 0. The average molecular weight is 287 g/mol. The normalized spacial score (nSPS) is 16.9. The summed E-state index contributed by atoms with van der Waals surface area (Å²) in [6.07, 6.45) is -0.763. The molecule has 1 aromatic carbocycles. The maximum Gasteiger partial charge on any atom is 0.238 e. The molecule has 1 N–H and O–H groups in total. The molecule has 1 aromatic rings. The Morgan fingerprint density at radius 2 is 2.06 bits per heavy atom. The highest BCUT2D eigenvalue weighted by atomic mass is 79.9. The van der Waals surface area contributed by atoms with E-state index in [1.165, 1.54) is 0 Å². The largest absolute Gasteiger partial charge is 0.325 e. The number of nitrogens with one attached hydrogen (secondary N) is 1. The Hall–Kier alpha value is -0.940. The van der Waals surface area contributed by atoms with Gasteiger partial charge in [0.2, 0.25) is 5.91 Å². The van der Waals surface area contributed by atoms with Gasteiger partial charge in [0.15, 0.2) is 0 Å². The van der Waals surface area contributed by atoms with Gasteiger partial charge in [-0.1, -0.05) is 15.9 Å². The third-order valence-corrected chi connectivity index (χ3v) is 2.94. The Morgan fingerprint density at radius 3 is 2.62 bits per heavy atom. The number of carbonyl (C=O) groups is 1. The SMILES string of the molecule is O=C(CN1CC(F)C1)Nc1ccc(Br)cc1. The highest BCUT2D eigenvalue weighted by Crippen LogP contribution is 2.15. The van der Waals surface area contributed by atoms with Crippen molar-refractivity contribution in [1.29, 1.82) is 0 Å². The number of carbonyl (C=O) groups excluding carboxylic acids is 1. The van der Waals surface area contributed by atoms with E-state index < -0.39 is 6.17 Å². The van der Waals surface area contributed by atoms with Crippen LogP contribution in [-0.4, -0.2) is 36.6 Å². The van der Waals surface area contributed by atoms with Gasteiger partial charge in [-0.2, -0.15) is 0 Å². The predicted molar refractivity (Wildman–Crippen MR) is 64.1 cm³/mol. The second-order valence-electron chi connectivity index (χ2n) is 3.85. The van der Waals surface area contributed by atoms with Gasteiger partial charge in [-0.25, -0.2) is 4.39 Å². The van der Waals surface area contributed by atoms with Crippen molar-refractivity contribution < 1.29 is 9.18 Å². The molecule has 0 radical (unpaired) electrons. The molecule has 1 aliphatic heterocycles. The van der Waals surface area contributed by atoms with E-state index in [0.29, 0.717) is 13.1 Å². The third kappa shape index (κ3) is 3.02. The van der Waals surface area contributed by atoms with Crippen molar-refractivity contribution in [2.75, 3.05) is 25.0 Å². The van der Waals surface area contributed by atoms with Crippen molar-refractivity contribution in [3.63, 3.8) is 0 Å². The smallest absolute Gasteiger partial charge is 0.238 e. The Balaban J connectivity index is 1.80. The van der Waals surface area contributed by atoms with E-state index in [4.69, 9.17) is 0 Å². The molecule has 1 aliphatic rings. The predicted octanol–water partition coefficient (Wildman–Crippen LogP) is 2.04. The molecule has 86 valence electrons. The van der Waals surface area contributed by atoms with Crippen molar-refractivity contribution in [2.24, 2.45) is 0 Å². The van der Waals surface area contributed by atoms with Gasteiger partial charge in [0, 0.05) is 23.2 Å².